The Balaban J connectivity index is 2.12. The highest BCUT2D eigenvalue weighted by Crippen LogP contribution is 2.19. The van der Waals surface area contributed by atoms with Gasteiger partial charge < -0.3 is 4.74 Å². The van der Waals surface area contributed by atoms with Crippen molar-refractivity contribution in [1.29, 1.82) is 0 Å². The largest absolute Gasteiger partial charge is 0.465 e. The van der Waals surface area contributed by atoms with Gasteiger partial charge >= 0.3 is 5.97 Å². The summed E-state index contributed by atoms with van der Waals surface area (Å²) in [7, 11) is 3.28. The maximum Gasteiger partial charge on any atom is 0.341 e. The quantitative estimate of drug-likeness (QED) is 0.763. The monoisotopic (exact) mass is 251 g/mol. The molecule has 0 aromatic carbocycles. The van der Waals surface area contributed by atoms with Crippen molar-refractivity contribution >= 4 is 5.97 Å². The van der Waals surface area contributed by atoms with Crippen LogP contribution in [0.5, 0.6) is 0 Å². The van der Waals surface area contributed by atoms with E-state index in [0.29, 0.717) is 5.56 Å². The van der Waals surface area contributed by atoms with Crippen molar-refractivity contribution in [2.75, 3.05) is 20.2 Å². The molecule has 1 aliphatic heterocycles. The summed E-state index contributed by atoms with van der Waals surface area (Å²) < 4.78 is 6.56. The lowest BCUT2D eigenvalue weighted by atomic mass is 10.00. The van der Waals surface area contributed by atoms with E-state index < -0.39 is 0 Å². The molecular weight excluding hydrogens is 230 g/mol. The summed E-state index contributed by atoms with van der Waals surface area (Å²) in [6.07, 6.45) is 4.12. The molecule has 0 bridgehead atoms. The lowest BCUT2D eigenvalue weighted by molar-refractivity contribution is 0.0597. The highest BCUT2D eigenvalue weighted by Gasteiger charge is 2.22. The zero-order chi connectivity index (χ0) is 13.1. The van der Waals surface area contributed by atoms with Crippen LogP contribution in [0.1, 0.15) is 35.8 Å². The molecule has 1 saturated heterocycles. The summed E-state index contributed by atoms with van der Waals surface area (Å²) in [4.78, 5) is 14.0. The van der Waals surface area contributed by atoms with E-state index in [1.807, 2.05) is 7.05 Å². The number of hydrogen-bond acceptors (Lipinski definition) is 4. The first kappa shape index (κ1) is 13.1. The third kappa shape index (κ3) is 2.72. The average molecular weight is 251 g/mol. The highest BCUT2D eigenvalue weighted by atomic mass is 16.5. The van der Waals surface area contributed by atoms with Gasteiger partial charge in [-0.2, -0.15) is 5.10 Å². The van der Waals surface area contributed by atoms with E-state index in [1.165, 1.54) is 20.0 Å². The number of ether oxygens (including phenoxy) is 1. The molecule has 100 valence electrons. The van der Waals surface area contributed by atoms with Crippen molar-refractivity contribution in [3.05, 3.63) is 17.5 Å². The Morgan fingerprint density at radius 2 is 2.39 bits per heavy atom. The molecule has 5 heteroatoms. The zero-order valence-corrected chi connectivity index (χ0v) is 11.3. The Morgan fingerprint density at radius 1 is 1.61 bits per heavy atom. The molecule has 0 N–H and O–H groups in total. The maximum absolute atomic E-state index is 11.7. The first-order chi connectivity index (χ1) is 8.61. The van der Waals surface area contributed by atoms with Crippen LogP contribution in [0.25, 0.3) is 0 Å². The number of carbonyl (C=O) groups is 1. The summed E-state index contributed by atoms with van der Waals surface area (Å²) in [5.41, 5.74) is 1.52. The van der Waals surface area contributed by atoms with Gasteiger partial charge in [-0.05, 0) is 25.3 Å². The van der Waals surface area contributed by atoms with Crippen LogP contribution in [0.3, 0.4) is 0 Å². The van der Waals surface area contributed by atoms with Gasteiger partial charge in [0.1, 0.15) is 5.56 Å². The molecule has 1 aromatic heterocycles. The molecule has 1 aromatic rings. The fraction of sp³-hybridized carbons (Fsp3) is 0.692. The second-order valence-corrected chi connectivity index (χ2v) is 5.10. The fourth-order valence-electron chi connectivity index (χ4n) is 2.57. The molecule has 0 spiro atoms. The SMILES string of the molecule is COC(=O)c1cnn(C)c1CN1CCC[C@H](C)C1. The summed E-state index contributed by atoms with van der Waals surface area (Å²) in [5.74, 6) is 0.428. The maximum atomic E-state index is 11.7. The summed E-state index contributed by atoms with van der Waals surface area (Å²) in [6, 6.07) is 0. The molecule has 1 atom stereocenters. The van der Waals surface area contributed by atoms with E-state index >= 15 is 0 Å². The Bertz CT molecular complexity index is 428. The predicted octanol–water partition coefficient (Wildman–Crippen LogP) is 1.44. The number of nitrogens with zero attached hydrogens (tertiary/aromatic N) is 3. The van der Waals surface area contributed by atoms with Crippen molar-refractivity contribution in [1.82, 2.24) is 14.7 Å². The third-order valence-electron chi connectivity index (χ3n) is 3.58. The molecule has 2 heterocycles. The van der Waals surface area contributed by atoms with E-state index in [9.17, 15) is 4.79 Å². The number of piperidine rings is 1. The van der Waals surface area contributed by atoms with Crippen LogP contribution < -0.4 is 0 Å². The zero-order valence-electron chi connectivity index (χ0n) is 11.3. The smallest absolute Gasteiger partial charge is 0.341 e. The summed E-state index contributed by atoms with van der Waals surface area (Å²) >= 11 is 0. The second-order valence-electron chi connectivity index (χ2n) is 5.10. The Hall–Kier alpha value is -1.36. The Kier molecular flexibility index (Phi) is 4.01. The third-order valence-corrected chi connectivity index (χ3v) is 3.58. The van der Waals surface area contributed by atoms with Gasteiger partial charge in [0.25, 0.3) is 0 Å². The minimum Gasteiger partial charge on any atom is -0.465 e. The minimum atomic E-state index is -0.303. The Morgan fingerprint density at radius 3 is 3.06 bits per heavy atom. The van der Waals surface area contributed by atoms with Crippen LogP contribution in [-0.2, 0) is 18.3 Å². The van der Waals surface area contributed by atoms with Crippen LogP contribution >= 0.6 is 0 Å². The number of aryl methyl sites for hydroxylation is 1. The number of methoxy groups -OCH3 is 1. The molecule has 1 fully saturated rings. The minimum absolute atomic E-state index is 0.303. The Labute approximate surface area is 108 Å². The van der Waals surface area contributed by atoms with E-state index in [2.05, 4.69) is 16.9 Å². The van der Waals surface area contributed by atoms with Gasteiger partial charge in [0, 0.05) is 20.1 Å². The summed E-state index contributed by atoms with van der Waals surface area (Å²) in [5, 5.41) is 4.16. The molecule has 1 aliphatic rings. The van der Waals surface area contributed by atoms with Gasteiger partial charge in [-0.15, -0.1) is 0 Å². The topological polar surface area (TPSA) is 47.4 Å². The number of rotatable bonds is 3. The van der Waals surface area contributed by atoms with Crippen molar-refractivity contribution in [3.8, 4) is 0 Å². The van der Waals surface area contributed by atoms with Gasteiger partial charge in [-0.3, -0.25) is 9.58 Å². The fourth-order valence-corrected chi connectivity index (χ4v) is 2.57. The molecular formula is C13H21N3O2. The van der Waals surface area contributed by atoms with Crippen molar-refractivity contribution in [2.45, 2.75) is 26.3 Å². The molecule has 0 amide bonds. The predicted molar refractivity (Wildman–Crippen MR) is 68.2 cm³/mol. The number of hydrogen-bond donors (Lipinski definition) is 0. The van der Waals surface area contributed by atoms with Gasteiger partial charge in [0.05, 0.1) is 19.0 Å². The second kappa shape index (κ2) is 5.52. The normalized spacial score (nSPS) is 20.9. The number of likely N-dealkylation sites (tertiary alicyclic amines) is 1. The van der Waals surface area contributed by atoms with E-state index in [1.54, 1.807) is 10.9 Å². The van der Waals surface area contributed by atoms with Gasteiger partial charge in [-0.25, -0.2) is 4.79 Å². The van der Waals surface area contributed by atoms with Gasteiger partial charge in [0.15, 0.2) is 0 Å². The van der Waals surface area contributed by atoms with Crippen molar-refractivity contribution in [2.24, 2.45) is 13.0 Å². The van der Waals surface area contributed by atoms with E-state index in [4.69, 9.17) is 4.74 Å². The van der Waals surface area contributed by atoms with Crippen LogP contribution in [0.2, 0.25) is 0 Å². The van der Waals surface area contributed by atoms with Crippen LogP contribution in [0, 0.1) is 5.92 Å². The van der Waals surface area contributed by atoms with Crippen molar-refractivity contribution < 1.29 is 9.53 Å². The van der Waals surface area contributed by atoms with E-state index in [0.717, 1.165) is 31.2 Å². The number of carbonyl (C=O) groups excluding carboxylic acids is 1. The van der Waals surface area contributed by atoms with Crippen molar-refractivity contribution in [3.63, 3.8) is 0 Å². The standard InChI is InChI=1S/C13H21N3O2/c1-10-5-4-6-16(8-10)9-12-11(13(17)18-3)7-14-15(12)2/h7,10H,4-6,8-9H2,1-3H3/t10-/m0/s1. The van der Waals surface area contributed by atoms with Gasteiger partial charge in [0.2, 0.25) is 0 Å². The average Bonchev–Trinajstić information content (AvgIpc) is 2.70. The highest BCUT2D eigenvalue weighted by molar-refractivity contribution is 5.90. The lowest BCUT2D eigenvalue weighted by Gasteiger charge is -2.30. The number of esters is 1. The molecule has 5 nitrogen and oxygen atoms in total. The molecule has 2 rings (SSSR count). The molecule has 0 radical (unpaired) electrons. The molecule has 18 heavy (non-hydrogen) atoms. The first-order valence-electron chi connectivity index (χ1n) is 6.43. The lowest BCUT2D eigenvalue weighted by Crippen LogP contribution is -2.34. The molecule has 0 saturated carbocycles. The first-order valence-corrected chi connectivity index (χ1v) is 6.43. The van der Waals surface area contributed by atoms with Crippen LogP contribution in [0.4, 0.5) is 0 Å². The van der Waals surface area contributed by atoms with Crippen LogP contribution in [0.15, 0.2) is 6.20 Å². The summed E-state index contributed by atoms with van der Waals surface area (Å²) in [6.45, 7) is 5.23. The van der Waals surface area contributed by atoms with E-state index in [-0.39, 0.29) is 5.97 Å². The number of aromatic nitrogens is 2. The molecule has 0 unspecified atom stereocenters. The van der Waals surface area contributed by atoms with Crippen LogP contribution in [-0.4, -0.2) is 40.8 Å². The molecule has 0 aliphatic carbocycles. The van der Waals surface area contributed by atoms with Gasteiger partial charge in [-0.1, -0.05) is 6.92 Å².